The Hall–Kier alpha value is -3.09. The van der Waals surface area contributed by atoms with Crippen molar-refractivity contribution in [1.82, 2.24) is 20.3 Å². The zero-order chi connectivity index (χ0) is 18.7. The zero-order valence-corrected chi connectivity index (χ0v) is 15.4. The molecule has 0 aliphatic heterocycles. The number of carbonyl (C=O) groups excluding carboxylic acids is 1. The second-order valence-corrected chi connectivity index (χ2v) is 6.42. The number of hydrogen-bond acceptors (Lipinski definition) is 4. The van der Waals surface area contributed by atoms with Crippen LogP contribution >= 0.6 is 0 Å². The minimum absolute atomic E-state index is 0.0679. The summed E-state index contributed by atoms with van der Waals surface area (Å²) in [6, 6.07) is 9.31. The van der Waals surface area contributed by atoms with Gasteiger partial charge >= 0.3 is 6.03 Å². The summed E-state index contributed by atoms with van der Waals surface area (Å²) in [6.07, 6.45) is 2.32. The lowest BCUT2D eigenvalue weighted by molar-refractivity contribution is 0.249. The van der Waals surface area contributed by atoms with Crippen molar-refractivity contribution in [2.24, 2.45) is 0 Å². The number of urea groups is 1. The Morgan fingerprint density at radius 1 is 1.23 bits per heavy atom. The van der Waals surface area contributed by atoms with Crippen molar-refractivity contribution in [3.8, 4) is 5.69 Å². The number of aromatic nitrogens is 3. The number of nitrogens with one attached hydrogen (secondary N) is 2. The molecule has 7 heteroatoms. The van der Waals surface area contributed by atoms with Gasteiger partial charge in [0.2, 0.25) is 0 Å². The van der Waals surface area contributed by atoms with Gasteiger partial charge in [-0.25, -0.2) is 9.48 Å². The zero-order valence-electron chi connectivity index (χ0n) is 15.4. The quantitative estimate of drug-likeness (QED) is 0.735. The van der Waals surface area contributed by atoms with E-state index in [1.165, 1.54) is 0 Å². The van der Waals surface area contributed by atoms with Crippen molar-refractivity contribution in [3.63, 3.8) is 0 Å². The first-order valence-electron chi connectivity index (χ1n) is 8.55. The summed E-state index contributed by atoms with van der Waals surface area (Å²) in [7, 11) is 0. The summed E-state index contributed by atoms with van der Waals surface area (Å²) in [6.45, 7) is 7.74. The first-order chi connectivity index (χ1) is 12.5. The molecule has 136 valence electrons. The number of rotatable bonds is 5. The van der Waals surface area contributed by atoms with Crippen LogP contribution < -0.4 is 10.6 Å². The van der Waals surface area contributed by atoms with Crippen molar-refractivity contribution in [2.75, 3.05) is 5.32 Å². The summed E-state index contributed by atoms with van der Waals surface area (Å²) in [5.74, 6) is 1.40. The fourth-order valence-corrected chi connectivity index (χ4v) is 2.92. The van der Waals surface area contributed by atoms with Crippen LogP contribution in [0.4, 0.5) is 10.6 Å². The van der Waals surface area contributed by atoms with Crippen LogP contribution in [-0.2, 0) is 6.42 Å². The molecule has 0 bridgehead atoms. The van der Waals surface area contributed by atoms with E-state index in [1.54, 1.807) is 16.9 Å². The second-order valence-electron chi connectivity index (χ2n) is 6.42. The number of para-hydroxylation sites is 1. The van der Waals surface area contributed by atoms with E-state index in [1.807, 2.05) is 52.0 Å². The van der Waals surface area contributed by atoms with Gasteiger partial charge < -0.3 is 9.84 Å². The Kier molecular flexibility index (Phi) is 5.06. The molecule has 0 saturated carbocycles. The molecule has 0 aliphatic carbocycles. The first kappa shape index (κ1) is 17.7. The molecule has 2 amide bonds. The highest BCUT2D eigenvalue weighted by atomic mass is 16.5. The summed E-state index contributed by atoms with van der Waals surface area (Å²) in [5, 5.41) is 14.1. The third kappa shape index (κ3) is 3.77. The molecule has 3 aromatic rings. The highest BCUT2D eigenvalue weighted by Gasteiger charge is 2.16. The fraction of sp³-hybridized carbons (Fsp3) is 0.316. The predicted octanol–water partition coefficient (Wildman–Crippen LogP) is 3.54. The molecule has 1 unspecified atom stereocenters. The van der Waals surface area contributed by atoms with Crippen LogP contribution in [0.25, 0.3) is 5.69 Å². The topological polar surface area (TPSA) is 85.0 Å². The monoisotopic (exact) mass is 353 g/mol. The minimum atomic E-state index is -0.278. The molecule has 2 aromatic heterocycles. The van der Waals surface area contributed by atoms with Crippen LogP contribution in [0.2, 0.25) is 0 Å². The summed E-state index contributed by atoms with van der Waals surface area (Å²) >= 11 is 0. The lowest BCUT2D eigenvalue weighted by Crippen LogP contribution is -2.38. The van der Waals surface area contributed by atoms with Gasteiger partial charge in [0.05, 0.1) is 17.6 Å². The standard InChI is InChI=1S/C19H23N5O2/c1-12-7-5-6-8-17(12)24-18(9-10-20-24)22-19(25)21-13(2)11-16-14(3)23-26-15(16)4/h5-10,13H,11H2,1-4H3,(H2,21,22,25). The number of aryl methyl sites for hydroxylation is 3. The Bertz CT molecular complexity index is 893. The first-order valence-corrected chi connectivity index (χ1v) is 8.55. The molecule has 2 heterocycles. The molecule has 0 saturated heterocycles. The van der Waals surface area contributed by atoms with Crippen molar-refractivity contribution in [1.29, 1.82) is 0 Å². The van der Waals surface area contributed by atoms with Crippen molar-refractivity contribution in [3.05, 3.63) is 59.1 Å². The summed E-state index contributed by atoms with van der Waals surface area (Å²) in [5.41, 5.74) is 3.89. The molecule has 1 aromatic carbocycles. The highest BCUT2D eigenvalue weighted by Crippen LogP contribution is 2.18. The van der Waals surface area contributed by atoms with Crippen molar-refractivity contribution >= 4 is 11.8 Å². The SMILES string of the molecule is Cc1ccccc1-n1nccc1NC(=O)NC(C)Cc1c(C)noc1C. The normalized spacial score (nSPS) is 12.0. The third-order valence-electron chi connectivity index (χ3n) is 4.30. The molecule has 0 fully saturated rings. The van der Waals surface area contributed by atoms with Crippen molar-refractivity contribution in [2.45, 2.75) is 40.2 Å². The number of hydrogen-bond donors (Lipinski definition) is 2. The highest BCUT2D eigenvalue weighted by molar-refractivity contribution is 5.88. The number of carbonyl (C=O) groups is 1. The minimum Gasteiger partial charge on any atom is -0.361 e. The molecule has 0 spiro atoms. The average molecular weight is 353 g/mol. The maximum atomic E-state index is 12.4. The van der Waals surface area contributed by atoms with Gasteiger partial charge in [-0.15, -0.1) is 0 Å². The Morgan fingerprint density at radius 3 is 2.69 bits per heavy atom. The van der Waals surface area contributed by atoms with Gasteiger partial charge in [-0.05, 0) is 45.7 Å². The number of amides is 2. The van der Waals surface area contributed by atoms with E-state index in [9.17, 15) is 4.79 Å². The molecule has 0 aliphatic rings. The van der Waals surface area contributed by atoms with Gasteiger partial charge in [-0.1, -0.05) is 23.4 Å². The van der Waals surface area contributed by atoms with Gasteiger partial charge in [0.25, 0.3) is 0 Å². The van der Waals surface area contributed by atoms with Gasteiger partial charge in [0, 0.05) is 17.7 Å². The molecule has 3 rings (SSSR count). The number of benzene rings is 1. The molecule has 2 N–H and O–H groups in total. The number of nitrogens with zero attached hydrogens (tertiary/aromatic N) is 3. The van der Waals surface area contributed by atoms with Crippen LogP contribution in [0, 0.1) is 20.8 Å². The van der Waals surface area contributed by atoms with Gasteiger partial charge in [0.1, 0.15) is 11.6 Å². The van der Waals surface area contributed by atoms with E-state index < -0.39 is 0 Å². The summed E-state index contributed by atoms with van der Waals surface area (Å²) < 4.78 is 6.89. The largest absolute Gasteiger partial charge is 0.361 e. The average Bonchev–Trinajstić information content (AvgIpc) is 3.17. The molecule has 1 atom stereocenters. The van der Waals surface area contributed by atoms with Gasteiger partial charge in [-0.3, -0.25) is 5.32 Å². The van der Waals surface area contributed by atoms with Crippen molar-refractivity contribution < 1.29 is 9.32 Å². The van der Waals surface area contributed by atoms with Crippen LogP contribution in [0.5, 0.6) is 0 Å². The molecule has 26 heavy (non-hydrogen) atoms. The fourth-order valence-electron chi connectivity index (χ4n) is 2.92. The van der Waals surface area contributed by atoms with Gasteiger partial charge in [-0.2, -0.15) is 5.10 Å². The van der Waals surface area contributed by atoms with Crippen LogP contribution in [0.15, 0.2) is 41.1 Å². The van der Waals surface area contributed by atoms with E-state index in [0.717, 1.165) is 28.3 Å². The molecular formula is C19H23N5O2. The Morgan fingerprint density at radius 2 is 2.00 bits per heavy atom. The Labute approximate surface area is 152 Å². The lowest BCUT2D eigenvalue weighted by atomic mass is 10.1. The molecule has 0 radical (unpaired) electrons. The smallest absolute Gasteiger partial charge is 0.320 e. The predicted molar refractivity (Wildman–Crippen MR) is 99.6 cm³/mol. The van der Waals surface area contributed by atoms with E-state index >= 15 is 0 Å². The summed E-state index contributed by atoms with van der Waals surface area (Å²) in [4.78, 5) is 12.4. The number of anilines is 1. The van der Waals surface area contributed by atoms with E-state index in [-0.39, 0.29) is 12.1 Å². The molecule has 7 nitrogen and oxygen atoms in total. The maximum Gasteiger partial charge on any atom is 0.320 e. The Balaban J connectivity index is 1.66. The van der Waals surface area contributed by atoms with Crippen LogP contribution in [-0.4, -0.2) is 27.0 Å². The maximum absolute atomic E-state index is 12.4. The third-order valence-corrected chi connectivity index (χ3v) is 4.30. The molecular weight excluding hydrogens is 330 g/mol. The van der Waals surface area contributed by atoms with Crippen LogP contribution in [0.1, 0.15) is 29.5 Å². The van der Waals surface area contributed by atoms with E-state index in [4.69, 9.17) is 4.52 Å². The van der Waals surface area contributed by atoms with Gasteiger partial charge in [0.15, 0.2) is 0 Å². The van der Waals surface area contributed by atoms with Crippen LogP contribution in [0.3, 0.4) is 0 Å². The van der Waals surface area contributed by atoms with E-state index in [0.29, 0.717) is 12.2 Å². The lowest BCUT2D eigenvalue weighted by Gasteiger charge is -2.15. The van der Waals surface area contributed by atoms with E-state index in [2.05, 4.69) is 20.9 Å². The second kappa shape index (κ2) is 7.43.